The minimum absolute atomic E-state index is 0.291. The van der Waals surface area contributed by atoms with Crippen molar-refractivity contribution in [1.82, 2.24) is 10.2 Å². The Bertz CT molecular complexity index is 339. The van der Waals surface area contributed by atoms with Crippen molar-refractivity contribution in [3.8, 4) is 0 Å². The van der Waals surface area contributed by atoms with E-state index >= 15 is 0 Å². The van der Waals surface area contributed by atoms with Crippen LogP contribution in [0, 0.1) is 0 Å². The molecule has 0 aromatic carbocycles. The highest BCUT2D eigenvalue weighted by molar-refractivity contribution is 8.00. The largest absolute Gasteiger partial charge is 0.353 e. The molecule has 0 bridgehead atoms. The smallest absolute Gasteiger partial charge is 0.151 e. The number of nitrogens with zero attached hydrogens (tertiary/aromatic N) is 3. The zero-order valence-corrected chi connectivity index (χ0v) is 10.5. The van der Waals surface area contributed by atoms with Crippen molar-refractivity contribution in [2.24, 2.45) is 0 Å². The number of aromatic nitrogens is 2. The van der Waals surface area contributed by atoms with Gasteiger partial charge in [-0.2, -0.15) is 11.8 Å². The molecular weight excluding hydrogens is 230 g/mol. The third-order valence-corrected chi connectivity index (χ3v) is 3.87. The summed E-state index contributed by atoms with van der Waals surface area (Å²) in [7, 11) is 0. The van der Waals surface area contributed by atoms with Crippen molar-refractivity contribution < 1.29 is 0 Å². The predicted octanol–water partition coefficient (Wildman–Crippen LogP) is 2.46. The number of halogens is 1. The van der Waals surface area contributed by atoms with Crippen LogP contribution in [0.3, 0.4) is 0 Å². The quantitative estimate of drug-likeness (QED) is 0.758. The van der Waals surface area contributed by atoms with Crippen molar-refractivity contribution in [3.63, 3.8) is 0 Å². The van der Waals surface area contributed by atoms with Crippen LogP contribution in [-0.2, 0) is 0 Å². The van der Waals surface area contributed by atoms with E-state index in [1.165, 1.54) is 0 Å². The van der Waals surface area contributed by atoms with Crippen molar-refractivity contribution in [2.45, 2.75) is 18.6 Å². The standard InChI is InChI=1S/C10H14ClN3S/c1-10(2)7-14(5-6-15-10)9-4-3-8(11)12-13-9/h3-4H,5-7H2,1-2H3. The zero-order chi connectivity index (χ0) is 10.9. The molecule has 1 aromatic heterocycles. The molecule has 2 rings (SSSR count). The van der Waals surface area contributed by atoms with Gasteiger partial charge >= 0.3 is 0 Å². The van der Waals surface area contributed by atoms with Gasteiger partial charge in [0, 0.05) is 23.6 Å². The van der Waals surface area contributed by atoms with Gasteiger partial charge in [0.2, 0.25) is 0 Å². The summed E-state index contributed by atoms with van der Waals surface area (Å²) in [6.07, 6.45) is 0. The average Bonchev–Trinajstić information content (AvgIpc) is 2.17. The summed E-state index contributed by atoms with van der Waals surface area (Å²) in [4.78, 5) is 2.26. The van der Waals surface area contributed by atoms with E-state index < -0.39 is 0 Å². The van der Waals surface area contributed by atoms with Gasteiger partial charge in [-0.15, -0.1) is 10.2 Å². The van der Waals surface area contributed by atoms with Crippen LogP contribution in [-0.4, -0.2) is 33.8 Å². The van der Waals surface area contributed by atoms with E-state index in [4.69, 9.17) is 11.6 Å². The van der Waals surface area contributed by atoms with Gasteiger partial charge in [0.25, 0.3) is 0 Å². The molecule has 0 unspecified atom stereocenters. The molecule has 5 heteroatoms. The van der Waals surface area contributed by atoms with Crippen molar-refractivity contribution in [1.29, 1.82) is 0 Å². The molecule has 0 amide bonds. The fraction of sp³-hybridized carbons (Fsp3) is 0.600. The van der Waals surface area contributed by atoms with Gasteiger partial charge in [-0.1, -0.05) is 11.6 Å². The molecule has 0 spiro atoms. The Hall–Kier alpha value is -0.480. The maximum Gasteiger partial charge on any atom is 0.151 e. The second-order valence-corrected chi connectivity index (χ2v) is 6.43. The lowest BCUT2D eigenvalue weighted by Crippen LogP contribution is -2.43. The third kappa shape index (κ3) is 2.75. The van der Waals surface area contributed by atoms with Gasteiger partial charge < -0.3 is 4.90 Å². The summed E-state index contributed by atoms with van der Waals surface area (Å²) in [6, 6.07) is 3.72. The summed E-state index contributed by atoms with van der Waals surface area (Å²) in [5.41, 5.74) is 0. The van der Waals surface area contributed by atoms with E-state index in [9.17, 15) is 0 Å². The first-order chi connectivity index (χ1) is 7.07. The molecule has 1 aromatic rings. The van der Waals surface area contributed by atoms with Gasteiger partial charge in [0.05, 0.1) is 0 Å². The molecule has 3 nitrogen and oxygen atoms in total. The fourth-order valence-corrected chi connectivity index (χ4v) is 2.90. The number of hydrogen-bond acceptors (Lipinski definition) is 4. The highest BCUT2D eigenvalue weighted by Crippen LogP contribution is 2.31. The monoisotopic (exact) mass is 243 g/mol. The molecule has 82 valence electrons. The van der Waals surface area contributed by atoms with Crippen molar-refractivity contribution >= 4 is 29.2 Å². The van der Waals surface area contributed by atoms with Crippen LogP contribution in [0.4, 0.5) is 5.82 Å². The summed E-state index contributed by atoms with van der Waals surface area (Å²) >= 11 is 7.72. The maximum atomic E-state index is 5.71. The zero-order valence-electron chi connectivity index (χ0n) is 8.90. The Morgan fingerprint density at radius 1 is 1.40 bits per heavy atom. The number of rotatable bonds is 1. The van der Waals surface area contributed by atoms with Crippen LogP contribution in [0.1, 0.15) is 13.8 Å². The molecule has 0 N–H and O–H groups in total. The Balaban J connectivity index is 2.13. The molecule has 15 heavy (non-hydrogen) atoms. The van der Waals surface area contributed by atoms with Crippen LogP contribution >= 0.6 is 23.4 Å². The summed E-state index contributed by atoms with van der Waals surface area (Å²) in [5, 5.41) is 8.42. The lowest BCUT2D eigenvalue weighted by atomic mass is 10.2. The van der Waals surface area contributed by atoms with Gasteiger partial charge in [-0.3, -0.25) is 0 Å². The van der Waals surface area contributed by atoms with Crippen LogP contribution in [0.2, 0.25) is 5.15 Å². The predicted molar refractivity (Wildman–Crippen MR) is 65.8 cm³/mol. The van der Waals surface area contributed by atoms with Gasteiger partial charge in [-0.05, 0) is 26.0 Å². The first-order valence-corrected chi connectivity index (χ1v) is 6.31. The second-order valence-electron chi connectivity index (χ2n) is 4.24. The lowest BCUT2D eigenvalue weighted by molar-refractivity contribution is 0.639. The van der Waals surface area contributed by atoms with E-state index in [1.807, 2.05) is 17.8 Å². The first-order valence-electron chi connectivity index (χ1n) is 4.95. The van der Waals surface area contributed by atoms with Gasteiger partial charge in [0.15, 0.2) is 11.0 Å². The normalized spacial score (nSPS) is 20.3. The van der Waals surface area contributed by atoms with Crippen LogP contribution < -0.4 is 4.90 Å². The highest BCUT2D eigenvalue weighted by atomic mass is 35.5. The summed E-state index contributed by atoms with van der Waals surface area (Å²) in [5.74, 6) is 2.06. The highest BCUT2D eigenvalue weighted by Gasteiger charge is 2.27. The second kappa shape index (κ2) is 4.18. The Kier molecular flexibility index (Phi) is 3.07. The minimum atomic E-state index is 0.291. The Labute approximate surface area is 99.2 Å². The Morgan fingerprint density at radius 2 is 2.20 bits per heavy atom. The average molecular weight is 244 g/mol. The van der Waals surface area contributed by atoms with Gasteiger partial charge in [0.1, 0.15) is 0 Å². The lowest BCUT2D eigenvalue weighted by Gasteiger charge is -2.37. The summed E-state index contributed by atoms with van der Waals surface area (Å²) < 4.78 is 0.291. The van der Waals surface area contributed by atoms with E-state index in [2.05, 4.69) is 28.9 Å². The van der Waals surface area contributed by atoms with Crippen molar-refractivity contribution in [2.75, 3.05) is 23.7 Å². The molecular formula is C10H14ClN3S. The topological polar surface area (TPSA) is 29.0 Å². The Morgan fingerprint density at radius 3 is 2.80 bits per heavy atom. The van der Waals surface area contributed by atoms with E-state index in [-0.39, 0.29) is 0 Å². The fourth-order valence-electron chi connectivity index (χ4n) is 1.69. The first kappa shape index (κ1) is 11.0. The molecule has 0 radical (unpaired) electrons. The third-order valence-electron chi connectivity index (χ3n) is 2.37. The minimum Gasteiger partial charge on any atom is -0.353 e. The molecule has 0 aliphatic carbocycles. The van der Waals surface area contributed by atoms with Crippen molar-refractivity contribution in [3.05, 3.63) is 17.3 Å². The van der Waals surface area contributed by atoms with E-state index in [0.717, 1.165) is 24.7 Å². The molecule has 1 fully saturated rings. The number of thioether (sulfide) groups is 1. The summed E-state index contributed by atoms with van der Waals surface area (Å²) in [6.45, 7) is 6.55. The number of hydrogen-bond donors (Lipinski definition) is 0. The molecule has 0 atom stereocenters. The van der Waals surface area contributed by atoms with Crippen LogP contribution in [0.25, 0.3) is 0 Å². The SMILES string of the molecule is CC1(C)CN(c2ccc(Cl)nn2)CCS1. The molecule has 1 saturated heterocycles. The number of anilines is 1. The molecule has 1 aliphatic rings. The van der Waals surface area contributed by atoms with E-state index in [0.29, 0.717) is 9.90 Å². The molecule has 2 heterocycles. The molecule has 0 saturated carbocycles. The van der Waals surface area contributed by atoms with E-state index in [1.54, 1.807) is 6.07 Å². The molecule has 1 aliphatic heterocycles. The van der Waals surface area contributed by atoms with Gasteiger partial charge in [-0.25, -0.2) is 0 Å². The maximum absolute atomic E-state index is 5.71. The van der Waals surface area contributed by atoms with Crippen LogP contribution in [0.5, 0.6) is 0 Å². The van der Waals surface area contributed by atoms with Crippen LogP contribution in [0.15, 0.2) is 12.1 Å².